The normalized spacial score (nSPS) is 10.9. The number of nitrogens with one attached hydrogen (secondary N) is 1. The van der Waals surface area contributed by atoms with Gasteiger partial charge in [-0.05, 0) is 51.0 Å². The maximum absolute atomic E-state index is 12.2. The lowest BCUT2D eigenvalue weighted by molar-refractivity contribution is -0.120. The monoisotopic (exact) mass is 379 g/mol. The zero-order chi connectivity index (χ0) is 20.1. The second-order valence-corrected chi connectivity index (χ2v) is 6.63. The molecule has 0 saturated carbocycles. The third-order valence-corrected chi connectivity index (χ3v) is 4.83. The topological polar surface area (TPSA) is 81.9 Å². The Hall–Kier alpha value is -3.22. The smallest absolute Gasteiger partial charge is 0.227 e. The molecule has 0 spiro atoms. The zero-order valence-electron chi connectivity index (χ0n) is 16.6. The molecule has 2 aromatic heterocycles. The highest BCUT2D eigenvalue weighted by molar-refractivity contribution is 5.92. The molecule has 0 aliphatic carbocycles. The van der Waals surface area contributed by atoms with Crippen LogP contribution in [0.4, 0.5) is 5.69 Å². The van der Waals surface area contributed by atoms with E-state index in [0.717, 1.165) is 29.9 Å². The van der Waals surface area contributed by atoms with Crippen LogP contribution in [0.15, 0.2) is 43.0 Å². The molecule has 0 aliphatic heterocycles. The third-order valence-electron chi connectivity index (χ3n) is 4.83. The van der Waals surface area contributed by atoms with Gasteiger partial charge in [-0.1, -0.05) is 13.8 Å². The number of imidazole rings is 1. The van der Waals surface area contributed by atoms with Crippen LogP contribution in [0, 0.1) is 19.8 Å². The van der Waals surface area contributed by atoms with Gasteiger partial charge in [-0.15, -0.1) is 0 Å². The van der Waals surface area contributed by atoms with E-state index in [2.05, 4.69) is 20.3 Å². The van der Waals surface area contributed by atoms with E-state index < -0.39 is 0 Å². The van der Waals surface area contributed by atoms with Gasteiger partial charge in [-0.3, -0.25) is 9.36 Å². The number of anilines is 1. The Morgan fingerprint density at radius 3 is 2.43 bits per heavy atom. The summed E-state index contributed by atoms with van der Waals surface area (Å²) in [5, 5.41) is 2.94. The first-order chi connectivity index (χ1) is 13.5. The molecule has 0 unspecified atom stereocenters. The van der Waals surface area contributed by atoms with Crippen molar-refractivity contribution < 1.29 is 9.53 Å². The highest BCUT2D eigenvalue weighted by Crippen LogP contribution is 2.23. The van der Waals surface area contributed by atoms with Crippen LogP contribution in [-0.4, -0.2) is 25.4 Å². The average Bonchev–Trinajstić information content (AvgIpc) is 3.03. The van der Waals surface area contributed by atoms with Crippen molar-refractivity contribution in [3.05, 3.63) is 54.4 Å². The van der Waals surface area contributed by atoms with Gasteiger partial charge < -0.3 is 10.1 Å². The number of aryl methyl sites for hydroxylation is 1. The first-order valence-corrected chi connectivity index (χ1v) is 9.43. The molecule has 7 nitrogen and oxygen atoms in total. The van der Waals surface area contributed by atoms with Crippen molar-refractivity contribution in [2.75, 3.05) is 5.32 Å². The standard InChI is InChI=1S/C21H25N5O2/c1-5-16(6-2)21(27)25-17-7-9-18(10-8-17)28-20-11-19(22-12-23-20)26-13-24-14(3)15(26)4/h7-13,16H,5-6H2,1-4H3,(H,25,27). The van der Waals surface area contributed by atoms with Crippen molar-refractivity contribution in [1.82, 2.24) is 19.5 Å². The van der Waals surface area contributed by atoms with Crippen LogP contribution in [0.1, 0.15) is 38.1 Å². The van der Waals surface area contributed by atoms with Gasteiger partial charge >= 0.3 is 0 Å². The molecule has 3 aromatic rings. The van der Waals surface area contributed by atoms with Gasteiger partial charge in [0.1, 0.15) is 24.2 Å². The fourth-order valence-electron chi connectivity index (χ4n) is 2.88. The Morgan fingerprint density at radius 2 is 1.82 bits per heavy atom. The molecule has 0 fully saturated rings. The van der Waals surface area contributed by atoms with E-state index in [0.29, 0.717) is 17.4 Å². The van der Waals surface area contributed by atoms with E-state index in [1.54, 1.807) is 24.5 Å². The summed E-state index contributed by atoms with van der Waals surface area (Å²) in [5.74, 6) is 1.83. The Kier molecular flexibility index (Phi) is 6.03. The zero-order valence-corrected chi connectivity index (χ0v) is 16.6. The van der Waals surface area contributed by atoms with Crippen molar-refractivity contribution in [3.8, 4) is 17.4 Å². The van der Waals surface area contributed by atoms with Gasteiger partial charge in [0.25, 0.3) is 0 Å². The molecule has 0 bridgehead atoms. The fraction of sp³-hybridized carbons (Fsp3) is 0.333. The van der Waals surface area contributed by atoms with Crippen LogP contribution in [0.2, 0.25) is 0 Å². The number of rotatable bonds is 7. The maximum atomic E-state index is 12.2. The molecule has 1 N–H and O–H groups in total. The van der Waals surface area contributed by atoms with Crippen LogP contribution < -0.4 is 10.1 Å². The van der Waals surface area contributed by atoms with Crippen LogP contribution in [0.25, 0.3) is 5.82 Å². The van der Waals surface area contributed by atoms with Gasteiger partial charge in [-0.25, -0.2) is 15.0 Å². The molecule has 28 heavy (non-hydrogen) atoms. The van der Waals surface area contributed by atoms with Crippen molar-refractivity contribution in [1.29, 1.82) is 0 Å². The second-order valence-electron chi connectivity index (χ2n) is 6.63. The highest BCUT2D eigenvalue weighted by Gasteiger charge is 2.14. The number of aromatic nitrogens is 4. The van der Waals surface area contributed by atoms with E-state index in [1.165, 1.54) is 6.33 Å². The van der Waals surface area contributed by atoms with Crippen LogP contribution in [0.3, 0.4) is 0 Å². The summed E-state index contributed by atoms with van der Waals surface area (Å²) >= 11 is 0. The van der Waals surface area contributed by atoms with Crippen molar-refractivity contribution in [2.24, 2.45) is 5.92 Å². The van der Waals surface area contributed by atoms with Gasteiger partial charge in [0.05, 0.1) is 5.69 Å². The van der Waals surface area contributed by atoms with E-state index in [1.807, 2.05) is 44.4 Å². The summed E-state index contributed by atoms with van der Waals surface area (Å²) in [7, 11) is 0. The summed E-state index contributed by atoms with van der Waals surface area (Å²) in [4.78, 5) is 24.9. The number of carbonyl (C=O) groups is 1. The van der Waals surface area contributed by atoms with E-state index in [9.17, 15) is 4.79 Å². The Balaban J connectivity index is 1.70. The molecule has 0 atom stereocenters. The predicted octanol–water partition coefficient (Wildman–Crippen LogP) is 4.45. The maximum Gasteiger partial charge on any atom is 0.227 e. The predicted molar refractivity (Wildman–Crippen MR) is 108 cm³/mol. The van der Waals surface area contributed by atoms with Crippen molar-refractivity contribution in [2.45, 2.75) is 40.5 Å². The first kappa shape index (κ1) is 19.5. The van der Waals surface area contributed by atoms with Gasteiger partial charge in [-0.2, -0.15) is 0 Å². The minimum absolute atomic E-state index is 0.0330. The van der Waals surface area contributed by atoms with Crippen LogP contribution >= 0.6 is 0 Å². The van der Waals surface area contributed by atoms with Crippen molar-refractivity contribution in [3.63, 3.8) is 0 Å². The molecule has 146 valence electrons. The van der Waals surface area contributed by atoms with Gasteiger partial charge in [0.15, 0.2) is 0 Å². The quantitative estimate of drug-likeness (QED) is 0.656. The van der Waals surface area contributed by atoms with Crippen molar-refractivity contribution >= 4 is 11.6 Å². The van der Waals surface area contributed by atoms with Crippen LogP contribution in [0.5, 0.6) is 11.6 Å². The second kappa shape index (κ2) is 8.65. The van der Waals surface area contributed by atoms with Gasteiger partial charge in [0, 0.05) is 23.4 Å². The summed E-state index contributed by atoms with van der Waals surface area (Å²) in [6.07, 6.45) is 4.85. The third kappa shape index (κ3) is 4.36. The van der Waals surface area contributed by atoms with Crippen LogP contribution in [-0.2, 0) is 4.79 Å². The summed E-state index contributed by atoms with van der Waals surface area (Å²) in [6, 6.07) is 9.01. The Bertz CT molecular complexity index is 946. The molecular formula is C21H25N5O2. The number of amides is 1. The summed E-state index contributed by atoms with van der Waals surface area (Å²) < 4.78 is 7.73. The number of hydrogen-bond acceptors (Lipinski definition) is 5. The summed E-state index contributed by atoms with van der Waals surface area (Å²) in [5.41, 5.74) is 2.71. The van der Waals surface area contributed by atoms with Gasteiger partial charge in [0.2, 0.25) is 11.8 Å². The summed E-state index contributed by atoms with van der Waals surface area (Å²) in [6.45, 7) is 7.98. The Morgan fingerprint density at radius 1 is 1.11 bits per heavy atom. The molecule has 1 amide bonds. The number of carbonyl (C=O) groups excluding carboxylic acids is 1. The SMILES string of the molecule is CCC(CC)C(=O)Nc1ccc(Oc2cc(-n3cnc(C)c3C)ncn2)cc1. The number of nitrogens with zero attached hydrogens (tertiary/aromatic N) is 4. The molecular weight excluding hydrogens is 354 g/mol. The minimum Gasteiger partial charge on any atom is -0.439 e. The lowest BCUT2D eigenvalue weighted by Crippen LogP contribution is -2.21. The molecule has 3 rings (SSSR count). The average molecular weight is 379 g/mol. The van der Waals surface area contributed by atoms with E-state index in [4.69, 9.17) is 4.74 Å². The molecule has 0 aliphatic rings. The molecule has 0 radical (unpaired) electrons. The fourth-order valence-corrected chi connectivity index (χ4v) is 2.88. The number of hydrogen-bond donors (Lipinski definition) is 1. The molecule has 7 heteroatoms. The number of ether oxygens (including phenoxy) is 1. The number of benzene rings is 1. The largest absolute Gasteiger partial charge is 0.439 e. The first-order valence-electron chi connectivity index (χ1n) is 9.43. The van der Waals surface area contributed by atoms with E-state index in [-0.39, 0.29) is 11.8 Å². The minimum atomic E-state index is 0.0330. The lowest BCUT2D eigenvalue weighted by Gasteiger charge is -2.13. The molecule has 2 heterocycles. The highest BCUT2D eigenvalue weighted by atomic mass is 16.5. The molecule has 0 saturated heterocycles. The van der Waals surface area contributed by atoms with E-state index >= 15 is 0 Å². The Labute approximate surface area is 164 Å². The molecule has 1 aromatic carbocycles. The lowest BCUT2D eigenvalue weighted by atomic mass is 10.0.